The molecule has 1 N–H and O–H groups in total. The number of hydrogen-bond donors (Lipinski definition) is 1. The minimum Gasteiger partial charge on any atom is -0.399 e. The molecule has 0 unspecified atom stereocenters. The number of fused-ring (bicyclic) bond motifs is 2. The van der Waals surface area contributed by atoms with Crippen molar-refractivity contribution in [2.24, 2.45) is 17.3 Å². The number of likely N-dealkylation sites (tertiary alicyclic amines) is 2. The summed E-state index contributed by atoms with van der Waals surface area (Å²) in [6, 6.07) is 7.05. The van der Waals surface area contributed by atoms with Gasteiger partial charge in [0.25, 0.3) is 0 Å². The van der Waals surface area contributed by atoms with Crippen LogP contribution in [0.3, 0.4) is 0 Å². The van der Waals surface area contributed by atoms with Crippen LogP contribution in [0, 0.1) is 17.3 Å². The average Bonchev–Trinajstić information content (AvgIpc) is 3.44. The van der Waals surface area contributed by atoms with E-state index >= 15 is 0 Å². The van der Waals surface area contributed by atoms with Crippen molar-refractivity contribution in [3.05, 3.63) is 23.8 Å². The van der Waals surface area contributed by atoms with Crippen LogP contribution in [-0.2, 0) is 24.3 Å². The summed E-state index contributed by atoms with van der Waals surface area (Å²) >= 11 is 0. The summed E-state index contributed by atoms with van der Waals surface area (Å²) in [5.41, 5.74) is 0.670. The zero-order valence-corrected chi connectivity index (χ0v) is 26.9. The molecule has 4 aliphatic heterocycles. The molecule has 0 radical (unpaired) electrons. The van der Waals surface area contributed by atoms with Crippen LogP contribution in [0.2, 0.25) is 0 Å². The van der Waals surface area contributed by atoms with E-state index in [1.165, 1.54) is 0 Å². The number of carbonyl (C=O) groups excluding carboxylic acids is 2. The lowest BCUT2D eigenvalue weighted by Gasteiger charge is -2.46. The third-order valence-corrected chi connectivity index (χ3v) is 11.8. The van der Waals surface area contributed by atoms with Gasteiger partial charge in [-0.05, 0) is 96.2 Å². The minimum absolute atomic E-state index is 0.0469. The zero-order valence-electron chi connectivity index (χ0n) is 26.9. The third kappa shape index (κ3) is 4.56. The van der Waals surface area contributed by atoms with E-state index in [0.29, 0.717) is 43.8 Å². The molecule has 1 spiro atoms. The lowest BCUT2D eigenvalue weighted by Crippen LogP contribution is -2.58. The van der Waals surface area contributed by atoms with Gasteiger partial charge < -0.3 is 24.2 Å². The van der Waals surface area contributed by atoms with Crippen LogP contribution >= 0.6 is 0 Å². The van der Waals surface area contributed by atoms with Gasteiger partial charge in [0.15, 0.2) is 0 Å². The first-order valence-corrected chi connectivity index (χ1v) is 16.1. The fourth-order valence-corrected chi connectivity index (χ4v) is 7.71. The average molecular weight is 580 g/mol. The number of piperidine rings is 1. The number of nitrogens with zero attached hydrogens (tertiary/aromatic N) is 3. The first-order valence-electron chi connectivity index (χ1n) is 16.1. The van der Waals surface area contributed by atoms with Gasteiger partial charge in [0.2, 0.25) is 11.8 Å². The predicted molar refractivity (Wildman–Crippen MR) is 165 cm³/mol. The van der Waals surface area contributed by atoms with Crippen LogP contribution in [0.15, 0.2) is 18.2 Å². The summed E-state index contributed by atoms with van der Waals surface area (Å²) in [4.78, 5) is 34.3. The Hall–Kier alpha value is -1.94. The molecule has 5 aliphatic rings. The molecule has 0 bridgehead atoms. The van der Waals surface area contributed by atoms with E-state index < -0.39 is 29.2 Å². The number of hydrogen-bond acceptors (Lipinski definition) is 6. The van der Waals surface area contributed by atoms with E-state index in [2.05, 4.69) is 69.5 Å². The Labute approximate surface area is 252 Å². The highest BCUT2D eigenvalue weighted by atomic mass is 16.7. The van der Waals surface area contributed by atoms with Crippen molar-refractivity contribution in [1.82, 2.24) is 9.80 Å². The first kappa shape index (κ1) is 30.1. The molecule has 4 fully saturated rings. The largest absolute Gasteiger partial charge is 0.494 e. The second-order valence-electron chi connectivity index (χ2n) is 15.6. The second kappa shape index (κ2) is 10.0. The molecule has 4 heterocycles. The second-order valence-corrected chi connectivity index (χ2v) is 15.6. The summed E-state index contributed by atoms with van der Waals surface area (Å²) in [5.74, 6) is 1.57. The Morgan fingerprint density at radius 3 is 2.12 bits per heavy atom. The van der Waals surface area contributed by atoms with E-state index in [-0.39, 0.29) is 24.5 Å². The van der Waals surface area contributed by atoms with Crippen molar-refractivity contribution in [1.29, 1.82) is 0 Å². The van der Waals surface area contributed by atoms with Gasteiger partial charge in [-0.3, -0.25) is 14.5 Å². The third-order valence-electron chi connectivity index (χ3n) is 11.8. The fourth-order valence-electron chi connectivity index (χ4n) is 7.71. The molecule has 0 aromatic heterocycles. The summed E-state index contributed by atoms with van der Waals surface area (Å²) in [5, 5.41) is 9.78. The van der Waals surface area contributed by atoms with E-state index in [1.54, 1.807) is 13.8 Å². The number of rotatable bonds is 5. The predicted octanol–water partition coefficient (Wildman–Crippen LogP) is 3.33. The summed E-state index contributed by atoms with van der Waals surface area (Å²) in [6.45, 7) is 19.6. The molecule has 6 rings (SSSR count). The zero-order chi connectivity index (χ0) is 30.4. The standard InChI is InChI=1S/C33H50BN3O5/c1-21-18-36(19-22(21)2)24-16-25(17-24)37-27-15-23(34-41-31(5,6)32(7,8)42-34)9-10-26(27)33(29(37)40)11-13-35(14-12-33)28(39)30(3,4)20-38/h9-10,15,21-22,24-25,38H,11-14,16-20H2,1-8H3/t21-,22+,24-,25+. The fraction of sp³-hybridized carbons (Fsp3) is 0.758. The van der Waals surface area contributed by atoms with Gasteiger partial charge in [0.1, 0.15) is 0 Å². The Balaban J connectivity index is 1.29. The summed E-state index contributed by atoms with van der Waals surface area (Å²) in [7, 11) is -0.490. The Kier molecular flexibility index (Phi) is 7.20. The summed E-state index contributed by atoms with van der Waals surface area (Å²) < 4.78 is 12.8. The number of carbonyl (C=O) groups is 2. The van der Waals surface area contributed by atoms with Gasteiger partial charge in [0, 0.05) is 44.0 Å². The number of aliphatic hydroxyl groups is 1. The van der Waals surface area contributed by atoms with Gasteiger partial charge in [-0.15, -0.1) is 0 Å². The van der Waals surface area contributed by atoms with Gasteiger partial charge in [-0.2, -0.15) is 0 Å². The maximum Gasteiger partial charge on any atom is 0.494 e. The van der Waals surface area contributed by atoms with Crippen LogP contribution in [0.5, 0.6) is 0 Å². The van der Waals surface area contributed by atoms with Crippen LogP contribution in [0.4, 0.5) is 5.69 Å². The lowest BCUT2D eigenvalue weighted by atomic mass is 9.71. The van der Waals surface area contributed by atoms with Crippen molar-refractivity contribution < 1.29 is 24.0 Å². The molecule has 2 atom stereocenters. The van der Waals surface area contributed by atoms with E-state index in [0.717, 1.165) is 42.6 Å². The lowest BCUT2D eigenvalue weighted by molar-refractivity contribution is -0.145. The van der Waals surface area contributed by atoms with E-state index in [9.17, 15) is 14.7 Å². The molecule has 230 valence electrons. The molecular weight excluding hydrogens is 529 g/mol. The molecule has 1 aromatic rings. The Morgan fingerprint density at radius 2 is 1.57 bits per heavy atom. The van der Waals surface area contributed by atoms with Crippen molar-refractivity contribution in [3.8, 4) is 0 Å². The van der Waals surface area contributed by atoms with Gasteiger partial charge in [-0.25, -0.2) is 0 Å². The van der Waals surface area contributed by atoms with Gasteiger partial charge >= 0.3 is 7.12 Å². The highest BCUT2D eigenvalue weighted by Gasteiger charge is 2.57. The van der Waals surface area contributed by atoms with E-state index in [1.807, 2.05) is 4.90 Å². The molecule has 9 heteroatoms. The highest BCUT2D eigenvalue weighted by Crippen LogP contribution is 2.51. The number of aliphatic hydroxyl groups excluding tert-OH is 1. The van der Waals surface area contributed by atoms with Crippen LogP contribution in [0.25, 0.3) is 0 Å². The molecule has 1 aromatic carbocycles. The molecule has 1 saturated carbocycles. The quantitative estimate of drug-likeness (QED) is 0.540. The van der Waals surface area contributed by atoms with Crippen molar-refractivity contribution >= 4 is 30.1 Å². The maximum absolute atomic E-state index is 14.6. The Morgan fingerprint density at radius 1 is 1.00 bits per heavy atom. The first-order chi connectivity index (χ1) is 19.6. The molecule has 8 nitrogen and oxygen atoms in total. The molecule has 2 amide bonds. The van der Waals surface area contributed by atoms with Crippen LogP contribution < -0.4 is 10.4 Å². The molecule has 1 aliphatic carbocycles. The summed E-state index contributed by atoms with van der Waals surface area (Å²) in [6.07, 6.45) is 3.18. The van der Waals surface area contributed by atoms with Crippen molar-refractivity contribution in [2.75, 3.05) is 37.7 Å². The monoisotopic (exact) mass is 579 g/mol. The van der Waals surface area contributed by atoms with Crippen LogP contribution in [-0.4, -0.2) is 89.9 Å². The van der Waals surface area contributed by atoms with Crippen LogP contribution in [0.1, 0.15) is 86.6 Å². The van der Waals surface area contributed by atoms with Gasteiger partial charge in [0.05, 0.1) is 28.6 Å². The van der Waals surface area contributed by atoms with Crippen molar-refractivity contribution in [2.45, 2.75) is 110 Å². The SMILES string of the molecule is C[C@@H]1CN([C@H]2C[C@@H](N3C(=O)C4(CCN(C(=O)C(C)(C)CO)CC4)c4ccc(B5OC(C)(C)C(C)(C)O5)cc43)C2)C[C@@H]1C. The topological polar surface area (TPSA) is 82.6 Å². The molecule has 42 heavy (non-hydrogen) atoms. The maximum atomic E-state index is 14.6. The van der Waals surface area contributed by atoms with Gasteiger partial charge in [-0.1, -0.05) is 26.0 Å². The number of amides is 2. The highest BCUT2D eigenvalue weighted by molar-refractivity contribution is 6.62. The van der Waals surface area contributed by atoms with Crippen molar-refractivity contribution in [3.63, 3.8) is 0 Å². The smallest absolute Gasteiger partial charge is 0.399 e. The van der Waals surface area contributed by atoms with E-state index in [4.69, 9.17) is 9.31 Å². The normalized spacial score (nSPS) is 32.0. The minimum atomic E-state index is -0.822. The number of benzene rings is 1. The number of anilines is 1. The molecule has 3 saturated heterocycles. The molecular formula is C33H50BN3O5. The Bertz CT molecular complexity index is 1220.